The zero-order valence-corrected chi connectivity index (χ0v) is 14.2. The van der Waals surface area contributed by atoms with Gasteiger partial charge >= 0.3 is 0 Å². The highest BCUT2D eigenvalue weighted by atomic mass is 16.5. The lowest BCUT2D eigenvalue weighted by atomic mass is 10.0. The van der Waals surface area contributed by atoms with Gasteiger partial charge in [-0.2, -0.15) is 0 Å². The number of nitrogens with zero attached hydrogens (tertiary/aromatic N) is 3. The standard InChI is InChI=1S/C18H24N4O2/c1-3-13-7-8-19-15(12-13)18(23)21-14-6-5-11-24-16(14)17-20-9-10-22(17)4-2/h7-10,12,14,16H,3-6,11H2,1-2H3,(H,21,23)/t14-,16-/m1/s1. The van der Waals surface area contributed by atoms with Crippen LogP contribution in [0.15, 0.2) is 30.7 Å². The van der Waals surface area contributed by atoms with Crippen LogP contribution < -0.4 is 5.32 Å². The molecule has 0 bridgehead atoms. The lowest BCUT2D eigenvalue weighted by Crippen LogP contribution is -2.43. The van der Waals surface area contributed by atoms with Gasteiger partial charge in [0, 0.05) is 31.7 Å². The molecule has 2 atom stereocenters. The number of carbonyl (C=O) groups excluding carboxylic acids is 1. The van der Waals surface area contributed by atoms with Crippen LogP contribution in [0, 0.1) is 0 Å². The second kappa shape index (κ2) is 7.57. The maximum Gasteiger partial charge on any atom is 0.270 e. The van der Waals surface area contributed by atoms with Crippen LogP contribution in [0.25, 0.3) is 0 Å². The summed E-state index contributed by atoms with van der Waals surface area (Å²) in [4.78, 5) is 21.2. The van der Waals surface area contributed by atoms with Crippen LogP contribution in [0.3, 0.4) is 0 Å². The van der Waals surface area contributed by atoms with Crippen LogP contribution in [0.1, 0.15) is 54.7 Å². The molecule has 6 nitrogen and oxygen atoms in total. The van der Waals surface area contributed by atoms with E-state index in [0.717, 1.165) is 37.2 Å². The average Bonchev–Trinajstić information content (AvgIpc) is 3.10. The largest absolute Gasteiger partial charge is 0.368 e. The van der Waals surface area contributed by atoms with Crippen LogP contribution in [-0.4, -0.2) is 33.1 Å². The van der Waals surface area contributed by atoms with Crippen molar-refractivity contribution in [2.24, 2.45) is 0 Å². The third-order valence-electron chi connectivity index (χ3n) is 4.45. The smallest absolute Gasteiger partial charge is 0.270 e. The minimum Gasteiger partial charge on any atom is -0.368 e. The van der Waals surface area contributed by atoms with E-state index in [-0.39, 0.29) is 18.1 Å². The van der Waals surface area contributed by atoms with E-state index in [2.05, 4.69) is 33.7 Å². The molecule has 128 valence electrons. The van der Waals surface area contributed by atoms with Crippen molar-refractivity contribution in [2.45, 2.75) is 51.8 Å². The van der Waals surface area contributed by atoms with Crippen LogP contribution in [0.2, 0.25) is 0 Å². The number of pyridine rings is 1. The van der Waals surface area contributed by atoms with E-state index in [1.54, 1.807) is 12.4 Å². The molecule has 1 aliphatic heterocycles. The first-order valence-corrected chi connectivity index (χ1v) is 8.61. The number of hydrogen-bond acceptors (Lipinski definition) is 4. The summed E-state index contributed by atoms with van der Waals surface area (Å²) in [6.07, 6.45) is 7.88. The Labute approximate surface area is 142 Å². The predicted molar refractivity (Wildman–Crippen MR) is 90.7 cm³/mol. The highest BCUT2D eigenvalue weighted by Gasteiger charge is 2.32. The Balaban J connectivity index is 1.77. The van der Waals surface area contributed by atoms with Crippen molar-refractivity contribution < 1.29 is 9.53 Å². The number of amides is 1. The van der Waals surface area contributed by atoms with Crippen molar-refractivity contribution in [3.8, 4) is 0 Å². The molecule has 0 aliphatic carbocycles. The fraction of sp³-hybridized carbons (Fsp3) is 0.500. The van der Waals surface area contributed by atoms with E-state index in [1.165, 1.54) is 0 Å². The maximum atomic E-state index is 12.6. The van der Waals surface area contributed by atoms with Crippen LogP contribution in [-0.2, 0) is 17.7 Å². The lowest BCUT2D eigenvalue weighted by Gasteiger charge is -2.32. The zero-order valence-electron chi connectivity index (χ0n) is 14.2. The van der Waals surface area contributed by atoms with Gasteiger partial charge in [-0.3, -0.25) is 9.78 Å². The van der Waals surface area contributed by atoms with E-state index in [4.69, 9.17) is 4.74 Å². The summed E-state index contributed by atoms with van der Waals surface area (Å²) in [5, 5.41) is 3.10. The Bertz CT molecular complexity index is 698. The van der Waals surface area contributed by atoms with Crippen LogP contribution in [0.5, 0.6) is 0 Å². The molecule has 1 amide bonds. The normalized spacial score (nSPS) is 20.8. The van der Waals surface area contributed by atoms with Crippen molar-refractivity contribution in [3.63, 3.8) is 0 Å². The molecular weight excluding hydrogens is 304 g/mol. The van der Waals surface area contributed by atoms with Gasteiger partial charge < -0.3 is 14.6 Å². The molecule has 1 N–H and O–H groups in total. The van der Waals surface area contributed by atoms with Crippen molar-refractivity contribution >= 4 is 5.91 Å². The molecule has 1 fully saturated rings. The molecular formula is C18H24N4O2. The molecule has 6 heteroatoms. The molecule has 3 heterocycles. The maximum absolute atomic E-state index is 12.6. The molecule has 1 saturated heterocycles. The predicted octanol–water partition coefficient (Wildman–Crippen LogP) is 2.51. The summed E-state index contributed by atoms with van der Waals surface area (Å²) in [6, 6.07) is 3.69. The summed E-state index contributed by atoms with van der Waals surface area (Å²) < 4.78 is 8.00. The van der Waals surface area contributed by atoms with Gasteiger partial charge in [0.05, 0.1) is 6.04 Å². The van der Waals surface area contributed by atoms with Gasteiger partial charge in [0.2, 0.25) is 0 Å². The highest BCUT2D eigenvalue weighted by Crippen LogP contribution is 2.27. The minimum absolute atomic E-state index is 0.0916. The highest BCUT2D eigenvalue weighted by molar-refractivity contribution is 5.92. The first kappa shape index (κ1) is 16.6. The van der Waals surface area contributed by atoms with Crippen LogP contribution >= 0.6 is 0 Å². The summed E-state index contributed by atoms with van der Waals surface area (Å²) in [5.74, 6) is 0.721. The number of carbonyl (C=O) groups is 1. The molecule has 0 spiro atoms. The third kappa shape index (κ3) is 3.48. The molecule has 0 saturated carbocycles. The Morgan fingerprint density at radius 1 is 1.38 bits per heavy atom. The summed E-state index contributed by atoms with van der Waals surface area (Å²) in [7, 11) is 0. The lowest BCUT2D eigenvalue weighted by molar-refractivity contribution is -0.0163. The number of imidazole rings is 1. The van der Waals surface area contributed by atoms with E-state index >= 15 is 0 Å². The molecule has 3 rings (SSSR count). The van der Waals surface area contributed by atoms with Crippen molar-refractivity contribution in [3.05, 3.63) is 47.8 Å². The Morgan fingerprint density at radius 3 is 3.04 bits per heavy atom. The molecule has 24 heavy (non-hydrogen) atoms. The average molecular weight is 328 g/mol. The van der Waals surface area contributed by atoms with E-state index < -0.39 is 0 Å². The summed E-state index contributed by atoms with van der Waals surface area (Å²) in [6.45, 7) is 5.65. The molecule has 0 radical (unpaired) electrons. The van der Waals surface area contributed by atoms with Gasteiger partial charge in [-0.1, -0.05) is 6.92 Å². The number of nitrogens with one attached hydrogen (secondary N) is 1. The molecule has 2 aromatic rings. The van der Waals surface area contributed by atoms with Gasteiger partial charge in [0.15, 0.2) is 0 Å². The van der Waals surface area contributed by atoms with Gasteiger partial charge in [0.1, 0.15) is 17.6 Å². The molecule has 0 aromatic carbocycles. The topological polar surface area (TPSA) is 69.0 Å². The second-order valence-electron chi connectivity index (χ2n) is 5.99. The van der Waals surface area contributed by atoms with Crippen molar-refractivity contribution in [2.75, 3.05) is 6.61 Å². The first-order chi connectivity index (χ1) is 11.7. The summed E-state index contributed by atoms with van der Waals surface area (Å²) >= 11 is 0. The molecule has 1 aliphatic rings. The number of rotatable bonds is 5. The number of aryl methyl sites for hydroxylation is 2. The monoisotopic (exact) mass is 328 g/mol. The Morgan fingerprint density at radius 2 is 2.25 bits per heavy atom. The van der Waals surface area contributed by atoms with E-state index in [9.17, 15) is 4.79 Å². The summed E-state index contributed by atoms with van der Waals surface area (Å²) in [5.41, 5.74) is 1.56. The Hall–Kier alpha value is -2.21. The third-order valence-corrected chi connectivity index (χ3v) is 4.45. The van der Waals surface area contributed by atoms with E-state index in [1.807, 2.05) is 18.3 Å². The van der Waals surface area contributed by atoms with Gasteiger partial charge in [-0.05, 0) is 43.9 Å². The second-order valence-corrected chi connectivity index (χ2v) is 5.99. The number of hydrogen-bond donors (Lipinski definition) is 1. The molecule has 2 aromatic heterocycles. The molecule has 0 unspecified atom stereocenters. The van der Waals surface area contributed by atoms with Gasteiger partial charge in [0.25, 0.3) is 5.91 Å². The van der Waals surface area contributed by atoms with Crippen LogP contribution in [0.4, 0.5) is 0 Å². The van der Waals surface area contributed by atoms with Crippen molar-refractivity contribution in [1.29, 1.82) is 0 Å². The fourth-order valence-electron chi connectivity index (χ4n) is 3.09. The van der Waals surface area contributed by atoms with Gasteiger partial charge in [-0.15, -0.1) is 0 Å². The van der Waals surface area contributed by atoms with E-state index in [0.29, 0.717) is 12.3 Å². The quantitative estimate of drug-likeness (QED) is 0.915. The Kier molecular flexibility index (Phi) is 5.25. The van der Waals surface area contributed by atoms with Gasteiger partial charge in [-0.25, -0.2) is 4.98 Å². The first-order valence-electron chi connectivity index (χ1n) is 8.61. The minimum atomic E-state index is -0.216. The number of aromatic nitrogens is 3. The SMILES string of the molecule is CCc1ccnc(C(=O)N[C@@H]2CCCO[C@H]2c2nccn2CC)c1. The fourth-order valence-corrected chi connectivity index (χ4v) is 3.09. The number of ether oxygens (including phenoxy) is 1. The van der Waals surface area contributed by atoms with Crippen molar-refractivity contribution in [1.82, 2.24) is 19.9 Å². The zero-order chi connectivity index (χ0) is 16.9.